The van der Waals surface area contributed by atoms with Crippen LogP contribution in [0.1, 0.15) is 42.9 Å². The summed E-state index contributed by atoms with van der Waals surface area (Å²) in [7, 11) is 0. The lowest BCUT2D eigenvalue weighted by Crippen LogP contribution is -2.49. The van der Waals surface area contributed by atoms with Crippen LogP contribution < -0.4 is 21.3 Å². The number of nitrogens with one attached hydrogen (secondary N) is 5. The lowest BCUT2D eigenvalue weighted by atomic mass is 9.96. The highest BCUT2D eigenvalue weighted by Crippen LogP contribution is 2.25. The van der Waals surface area contributed by atoms with Crippen LogP contribution in [0, 0.1) is 5.41 Å². The number of ether oxygens (including phenoxy) is 1. The Morgan fingerprint density at radius 3 is 2.50 bits per heavy atom. The number of amidine groups is 1. The van der Waals surface area contributed by atoms with Crippen LogP contribution in [0.15, 0.2) is 54.6 Å². The molecule has 0 aromatic heterocycles. The predicted octanol–water partition coefficient (Wildman–Crippen LogP) is 2.02. The molecule has 1 fully saturated rings. The van der Waals surface area contributed by atoms with Crippen LogP contribution in [0.25, 0.3) is 0 Å². The van der Waals surface area contributed by atoms with Crippen molar-refractivity contribution in [1.82, 2.24) is 21.3 Å². The van der Waals surface area contributed by atoms with E-state index in [4.69, 9.17) is 10.1 Å². The third-order valence-electron chi connectivity index (χ3n) is 5.68. The molecule has 1 aliphatic rings. The minimum Gasteiger partial charge on any atom is -0.450 e. The van der Waals surface area contributed by atoms with Gasteiger partial charge in [0.25, 0.3) is 0 Å². The van der Waals surface area contributed by atoms with Crippen molar-refractivity contribution in [2.45, 2.75) is 44.8 Å². The summed E-state index contributed by atoms with van der Waals surface area (Å²) in [6, 6.07) is 16.0. The molecule has 1 heterocycles. The third-order valence-corrected chi connectivity index (χ3v) is 5.68. The molecule has 0 spiro atoms. The quantitative estimate of drug-likeness (QED) is 0.301. The molecule has 34 heavy (non-hydrogen) atoms. The molecule has 9 nitrogen and oxygen atoms in total. The summed E-state index contributed by atoms with van der Waals surface area (Å²) in [5.74, 6) is -0.261. The van der Waals surface area contributed by atoms with Crippen molar-refractivity contribution in [3.63, 3.8) is 0 Å². The van der Waals surface area contributed by atoms with E-state index in [1.807, 2.05) is 18.2 Å². The smallest absolute Gasteiger partial charge is 0.412 e. The van der Waals surface area contributed by atoms with E-state index in [9.17, 15) is 14.4 Å². The Morgan fingerprint density at radius 1 is 1.12 bits per heavy atom. The molecule has 3 atom stereocenters. The molecule has 1 aliphatic heterocycles. The van der Waals surface area contributed by atoms with Crippen LogP contribution >= 0.6 is 0 Å². The zero-order valence-corrected chi connectivity index (χ0v) is 19.4. The molecule has 0 radical (unpaired) electrons. The van der Waals surface area contributed by atoms with Gasteiger partial charge >= 0.3 is 6.09 Å². The number of alkyl carbamates (subject to hydrolysis) is 1. The molecule has 0 bridgehead atoms. The zero-order valence-electron chi connectivity index (χ0n) is 19.4. The molecule has 3 amide bonds. The minimum absolute atomic E-state index is 0.0691. The monoisotopic (exact) mass is 465 g/mol. The number of hydrogen-bond donors (Lipinski definition) is 5. The van der Waals surface area contributed by atoms with Crippen LogP contribution in [0.2, 0.25) is 0 Å². The standard InChI is InChI=1S/C25H31N5O4/c1-3-34-25(33)30-22(26)19-11-9-17(10-12-19)14-28-23(31)16(2)29-24(32)21-13-20(15-27-21)18-7-5-4-6-8-18/h4-12,16,20-21,27H,3,13-15H2,1-2H3,(H,28,31)(H,29,32)(H2,26,30,33)/t16-,20-,21+/m0/s1. The van der Waals surface area contributed by atoms with Crippen molar-refractivity contribution in [3.05, 3.63) is 71.3 Å². The molecule has 2 aromatic rings. The van der Waals surface area contributed by atoms with Crippen molar-refractivity contribution in [2.24, 2.45) is 0 Å². The van der Waals surface area contributed by atoms with Gasteiger partial charge in [0.2, 0.25) is 11.8 Å². The Kier molecular flexibility index (Phi) is 8.75. The van der Waals surface area contributed by atoms with Crippen LogP contribution in [0.5, 0.6) is 0 Å². The first-order valence-corrected chi connectivity index (χ1v) is 11.4. The van der Waals surface area contributed by atoms with E-state index in [0.29, 0.717) is 12.0 Å². The van der Waals surface area contributed by atoms with E-state index < -0.39 is 12.1 Å². The Hall–Kier alpha value is -3.72. The number of rotatable bonds is 8. The molecule has 0 aliphatic carbocycles. The van der Waals surface area contributed by atoms with E-state index in [1.54, 1.807) is 38.1 Å². The first kappa shape index (κ1) is 24.9. The van der Waals surface area contributed by atoms with Crippen LogP contribution in [0.3, 0.4) is 0 Å². The maximum absolute atomic E-state index is 12.6. The van der Waals surface area contributed by atoms with Crippen LogP contribution in [-0.4, -0.2) is 49.0 Å². The Balaban J connectivity index is 1.42. The first-order chi connectivity index (χ1) is 16.4. The van der Waals surface area contributed by atoms with Gasteiger partial charge in [0.15, 0.2) is 0 Å². The molecular formula is C25H31N5O4. The lowest BCUT2D eigenvalue weighted by molar-refractivity contribution is -0.129. The van der Waals surface area contributed by atoms with E-state index >= 15 is 0 Å². The van der Waals surface area contributed by atoms with Crippen molar-refractivity contribution < 1.29 is 19.1 Å². The Morgan fingerprint density at radius 2 is 1.82 bits per heavy atom. The van der Waals surface area contributed by atoms with Gasteiger partial charge in [-0.1, -0.05) is 54.6 Å². The molecule has 3 rings (SSSR count). The van der Waals surface area contributed by atoms with E-state index in [-0.39, 0.29) is 42.8 Å². The molecule has 180 valence electrons. The Bertz CT molecular complexity index is 1010. The van der Waals surface area contributed by atoms with Gasteiger partial charge in [-0.25, -0.2) is 4.79 Å². The van der Waals surface area contributed by atoms with Gasteiger partial charge in [0.1, 0.15) is 11.9 Å². The van der Waals surface area contributed by atoms with E-state index in [0.717, 1.165) is 12.1 Å². The highest BCUT2D eigenvalue weighted by molar-refractivity contribution is 6.04. The summed E-state index contributed by atoms with van der Waals surface area (Å²) in [5.41, 5.74) is 2.54. The van der Waals surface area contributed by atoms with Gasteiger partial charge in [-0.05, 0) is 37.3 Å². The second-order valence-electron chi connectivity index (χ2n) is 8.17. The van der Waals surface area contributed by atoms with Gasteiger partial charge in [-0.2, -0.15) is 0 Å². The van der Waals surface area contributed by atoms with Crippen LogP contribution in [0.4, 0.5) is 4.79 Å². The maximum atomic E-state index is 12.6. The fraction of sp³-hybridized carbons (Fsp3) is 0.360. The van der Waals surface area contributed by atoms with E-state index in [2.05, 4.69) is 33.4 Å². The highest BCUT2D eigenvalue weighted by atomic mass is 16.5. The van der Waals surface area contributed by atoms with Gasteiger partial charge in [-0.15, -0.1) is 0 Å². The molecule has 0 saturated carbocycles. The number of hydrogen-bond acceptors (Lipinski definition) is 6. The zero-order chi connectivity index (χ0) is 24.5. The summed E-state index contributed by atoms with van der Waals surface area (Å²) >= 11 is 0. The topological polar surface area (TPSA) is 132 Å². The molecule has 9 heteroatoms. The van der Waals surface area contributed by atoms with Gasteiger partial charge in [0, 0.05) is 18.7 Å². The normalized spacial score (nSPS) is 17.9. The summed E-state index contributed by atoms with van der Waals surface area (Å²) in [6.07, 6.45) is 0.0135. The largest absolute Gasteiger partial charge is 0.450 e. The molecule has 5 N–H and O–H groups in total. The third kappa shape index (κ3) is 6.89. The molecule has 0 unspecified atom stereocenters. The summed E-state index contributed by atoms with van der Waals surface area (Å²) in [6.45, 7) is 4.57. The van der Waals surface area contributed by atoms with Crippen LogP contribution in [-0.2, 0) is 20.9 Å². The fourth-order valence-corrected chi connectivity index (χ4v) is 3.77. The number of carbonyl (C=O) groups excluding carboxylic acids is 3. The SMILES string of the molecule is CCOC(=O)NC(=N)c1ccc(CNC(=O)[C@H](C)NC(=O)[C@H]2C[C@H](c3ccccc3)CN2)cc1. The Labute approximate surface area is 199 Å². The average molecular weight is 466 g/mol. The van der Waals surface area contributed by atoms with E-state index in [1.165, 1.54) is 5.56 Å². The van der Waals surface area contributed by atoms with Crippen molar-refractivity contribution in [3.8, 4) is 0 Å². The number of carbonyl (C=O) groups is 3. The van der Waals surface area contributed by atoms with Crippen molar-refractivity contribution in [1.29, 1.82) is 5.41 Å². The average Bonchev–Trinajstić information content (AvgIpc) is 3.34. The first-order valence-electron chi connectivity index (χ1n) is 11.4. The van der Waals surface area contributed by atoms with Gasteiger partial charge in [0.05, 0.1) is 12.6 Å². The lowest BCUT2D eigenvalue weighted by Gasteiger charge is -2.17. The van der Waals surface area contributed by atoms with Crippen molar-refractivity contribution >= 4 is 23.7 Å². The molecular weight excluding hydrogens is 434 g/mol. The summed E-state index contributed by atoms with van der Waals surface area (Å²) in [4.78, 5) is 36.5. The predicted molar refractivity (Wildman–Crippen MR) is 128 cm³/mol. The van der Waals surface area contributed by atoms with Crippen molar-refractivity contribution in [2.75, 3.05) is 13.2 Å². The van der Waals surface area contributed by atoms with Gasteiger partial charge in [-0.3, -0.25) is 20.3 Å². The number of benzene rings is 2. The summed E-state index contributed by atoms with van der Waals surface area (Å²) in [5, 5.41) is 19.1. The molecule has 1 saturated heterocycles. The maximum Gasteiger partial charge on any atom is 0.412 e. The second kappa shape index (κ2) is 11.9. The highest BCUT2D eigenvalue weighted by Gasteiger charge is 2.31. The number of amides is 3. The fourth-order valence-electron chi connectivity index (χ4n) is 3.77. The summed E-state index contributed by atoms with van der Waals surface area (Å²) < 4.78 is 4.76. The molecule has 2 aromatic carbocycles. The minimum atomic E-state index is -0.678. The van der Waals surface area contributed by atoms with Gasteiger partial charge < -0.3 is 20.7 Å². The second-order valence-corrected chi connectivity index (χ2v) is 8.17.